The Balaban J connectivity index is 1.80. The maximum Gasteiger partial charge on any atom is 0.338 e. The molecule has 32 heavy (non-hydrogen) atoms. The zero-order valence-electron chi connectivity index (χ0n) is 18.2. The summed E-state index contributed by atoms with van der Waals surface area (Å²) in [7, 11) is 0. The van der Waals surface area contributed by atoms with E-state index in [0.717, 1.165) is 11.1 Å². The molecule has 0 aliphatic rings. The second kappa shape index (κ2) is 11.3. The van der Waals surface area contributed by atoms with Crippen LogP contribution < -0.4 is 9.47 Å². The average Bonchev–Trinajstić information content (AvgIpc) is 2.81. The first-order valence-corrected chi connectivity index (χ1v) is 10.5. The van der Waals surface area contributed by atoms with Crippen LogP contribution in [0.15, 0.2) is 78.9 Å². The molecular weight excluding hydrogens is 408 g/mol. The van der Waals surface area contributed by atoms with Crippen LogP contribution in [0.4, 0.5) is 0 Å². The van der Waals surface area contributed by atoms with Crippen LogP contribution in [0.2, 0.25) is 0 Å². The topological polar surface area (TPSA) is 85.2 Å². The molecule has 6 heteroatoms. The molecule has 0 amide bonds. The lowest BCUT2D eigenvalue weighted by molar-refractivity contribution is -0.163. The summed E-state index contributed by atoms with van der Waals surface area (Å²) < 4.78 is 16.9. The molecule has 6 nitrogen and oxygen atoms in total. The van der Waals surface area contributed by atoms with Crippen molar-refractivity contribution in [3.63, 3.8) is 0 Å². The number of esters is 1. The van der Waals surface area contributed by atoms with Crippen LogP contribution in [-0.2, 0) is 22.7 Å². The van der Waals surface area contributed by atoms with E-state index >= 15 is 0 Å². The predicted octanol–water partition coefficient (Wildman–Crippen LogP) is 4.19. The Labute approximate surface area is 188 Å². The number of carbonyl (C=O) groups is 1. The van der Waals surface area contributed by atoms with E-state index in [1.165, 1.54) is 0 Å². The fourth-order valence-electron chi connectivity index (χ4n) is 3.02. The molecule has 0 aliphatic carbocycles. The van der Waals surface area contributed by atoms with Gasteiger partial charge in [0.05, 0.1) is 6.10 Å². The predicted molar refractivity (Wildman–Crippen MR) is 120 cm³/mol. The Bertz CT molecular complexity index is 988. The molecule has 0 fully saturated rings. The van der Waals surface area contributed by atoms with Crippen LogP contribution in [0.25, 0.3) is 0 Å². The lowest BCUT2D eigenvalue weighted by Crippen LogP contribution is -2.31. The molecule has 168 valence electrons. The second-order valence-corrected chi connectivity index (χ2v) is 7.63. The fourth-order valence-corrected chi connectivity index (χ4v) is 3.02. The highest BCUT2D eigenvalue weighted by molar-refractivity contribution is 5.75. The van der Waals surface area contributed by atoms with Gasteiger partial charge < -0.3 is 24.4 Å². The number of aliphatic hydroxyl groups is 2. The molecule has 0 bridgehead atoms. The first kappa shape index (κ1) is 23.3. The van der Waals surface area contributed by atoms with Gasteiger partial charge in [-0.25, -0.2) is 4.79 Å². The van der Waals surface area contributed by atoms with Gasteiger partial charge in [-0.15, -0.1) is 0 Å². The highest BCUT2D eigenvalue weighted by Gasteiger charge is 2.28. The molecule has 0 radical (unpaired) electrons. The monoisotopic (exact) mass is 436 g/mol. The van der Waals surface area contributed by atoms with Gasteiger partial charge in [-0.2, -0.15) is 0 Å². The molecule has 3 aromatic carbocycles. The minimum atomic E-state index is -1.71. The quantitative estimate of drug-likeness (QED) is 0.464. The third-order valence-electron chi connectivity index (χ3n) is 4.68. The summed E-state index contributed by atoms with van der Waals surface area (Å²) in [6.07, 6.45) is -3.58. The Kier molecular flexibility index (Phi) is 8.25. The molecule has 0 saturated heterocycles. The van der Waals surface area contributed by atoms with Crippen molar-refractivity contribution >= 4 is 5.97 Å². The molecule has 0 aliphatic heterocycles. The summed E-state index contributed by atoms with van der Waals surface area (Å²) in [4.78, 5) is 12.0. The normalized spacial score (nSPS) is 12.8. The van der Waals surface area contributed by atoms with Crippen molar-refractivity contribution in [2.75, 3.05) is 0 Å². The van der Waals surface area contributed by atoms with E-state index in [1.54, 1.807) is 32.0 Å². The van der Waals surface area contributed by atoms with Crippen molar-refractivity contribution in [3.8, 4) is 11.5 Å². The number of hydrogen-bond acceptors (Lipinski definition) is 6. The van der Waals surface area contributed by atoms with Crippen LogP contribution >= 0.6 is 0 Å². The van der Waals surface area contributed by atoms with E-state index in [4.69, 9.17) is 14.2 Å². The number of benzene rings is 3. The molecule has 0 unspecified atom stereocenters. The van der Waals surface area contributed by atoms with E-state index in [-0.39, 0.29) is 0 Å². The van der Waals surface area contributed by atoms with Crippen molar-refractivity contribution in [3.05, 3.63) is 95.6 Å². The van der Waals surface area contributed by atoms with Gasteiger partial charge in [0.25, 0.3) is 0 Å². The van der Waals surface area contributed by atoms with Crippen molar-refractivity contribution in [2.45, 2.75) is 45.4 Å². The van der Waals surface area contributed by atoms with Gasteiger partial charge in [0.15, 0.2) is 17.6 Å². The number of carbonyl (C=O) groups excluding carboxylic acids is 1. The molecule has 3 aromatic rings. The summed E-state index contributed by atoms with van der Waals surface area (Å²) in [5, 5.41) is 20.7. The molecule has 0 aromatic heterocycles. The van der Waals surface area contributed by atoms with Gasteiger partial charge in [0.1, 0.15) is 19.3 Å². The molecule has 2 N–H and O–H groups in total. The molecule has 3 rings (SSSR count). The van der Waals surface area contributed by atoms with Gasteiger partial charge in [0.2, 0.25) is 0 Å². The SMILES string of the molecule is CC(C)OC(=O)[C@H](O)[C@@H](O)c1ccc(OCc2ccccc2)c(OCc2ccccc2)c1. The average molecular weight is 437 g/mol. The lowest BCUT2D eigenvalue weighted by Gasteiger charge is -2.20. The Morgan fingerprint density at radius 3 is 1.84 bits per heavy atom. The second-order valence-electron chi connectivity index (χ2n) is 7.63. The summed E-state index contributed by atoms with van der Waals surface area (Å²) in [6, 6.07) is 24.2. The maximum absolute atomic E-state index is 12.0. The van der Waals surface area contributed by atoms with Gasteiger partial charge in [-0.05, 0) is 42.7 Å². The van der Waals surface area contributed by atoms with Crippen LogP contribution in [0.1, 0.15) is 36.6 Å². The van der Waals surface area contributed by atoms with Crippen LogP contribution in [0, 0.1) is 0 Å². The minimum absolute atomic E-state index is 0.292. The smallest absolute Gasteiger partial charge is 0.338 e. The van der Waals surface area contributed by atoms with Crippen molar-refractivity contribution < 1.29 is 29.2 Å². The molecule has 0 spiro atoms. The molecule has 0 saturated carbocycles. The Hall–Kier alpha value is -3.35. The third kappa shape index (κ3) is 6.57. The van der Waals surface area contributed by atoms with Crippen LogP contribution in [-0.4, -0.2) is 28.4 Å². The van der Waals surface area contributed by atoms with Crippen LogP contribution in [0.3, 0.4) is 0 Å². The Morgan fingerprint density at radius 2 is 1.31 bits per heavy atom. The first-order valence-electron chi connectivity index (χ1n) is 10.5. The third-order valence-corrected chi connectivity index (χ3v) is 4.68. The van der Waals surface area contributed by atoms with Gasteiger partial charge in [-0.3, -0.25) is 0 Å². The Morgan fingerprint density at radius 1 is 0.781 bits per heavy atom. The van der Waals surface area contributed by atoms with E-state index in [0.29, 0.717) is 30.3 Å². The van der Waals surface area contributed by atoms with Crippen molar-refractivity contribution in [2.24, 2.45) is 0 Å². The number of rotatable bonds is 10. The van der Waals surface area contributed by atoms with E-state index in [1.807, 2.05) is 60.7 Å². The van der Waals surface area contributed by atoms with E-state index < -0.39 is 24.3 Å². The minimum Gasteiger partial charge on any atom is -0.485 e. The van der Waals surface area contributed by atoms with Crippen molar-refractivity contribution in [1.29, 1.82) is 0 Å². The standard InChI is InChI=1S/C26H28O6/c1-18(2)32-26(29)25(28)24(27)21-13-14-22(30-16-19-9-5-3-6-10-19)23(15-21)31-17-20-11-7-4-8-12-20/h3-15,18,24-25,27-28H,16-17H2,1-2H3/t24-,25+/m0/s1. The van der Waals surface area contributed by atoms with E-state index in [9.17, 15) is 15.0 Å². The fraction of sp³-hybridized carbons (Fsp3) is 0.269. The highest BCUT2D eigenvalue weighted by atomic mass is 16.6. The first-order chi connectivity index (χ1) is 15.4. The summed E-state index contributed by atoms with van der Waals surface area (Å²) in [5.41, 5.74) is 2.28. The van der Waals surface area contributed by atoms with Gasteiger partial charge in [0, 0.05) is 0 Å². The lowest BCUT2D eigenvalue weighted by atomic mass is 10.0. The maximum atomic E-state index is 12.0. The molecule has 2 atom stereocenters. The zero-order valence-corrected chi connectivity index (χ0v) is 18.2. The largest absolute Gasteiger partial charge is 0.485 e. The summed E-state index contributed by atoms with van der Waals surface area (Å²) >= 11 is 0. The molecular formula is C26H28O6. The van der Waals surface area contributed by atoms with E-state index in [2.05, 4.69) is 0 Å². The zero-order chi connectivity index (χ0) is 22.9. The van der Waals surface area contributed by atoms with Crippen LogP contribution in [0.5, 0.6) is 11.5 Å². The summed E-state index contributed by atoms with van der Waals surface area (Å²) in [6.45, 7) is 3.98. The highest BCUT2D eigenvalue weighted by Crippen LogP contribution is 2.33. The van der Waals surface area contributed by atoms with Gasteiger partial charge >= 0.3 is 5.97 Å². The molecule has 0 heterocycles. The number of hydrogen-bond donors (Lipinski definition) is 2. The summed E-state index contributed by atoms with van der Waals surface area (Å²) in [5.74, 6) is -0.00519. The van der Waals surface area contributed by atoms with Crippen molar-refractivity contribution in [1.82, 2.24) is 0 Å². The van der Waals surface area contributed by atoms with Gasteiger partial charge in [-0.1, -0.05) is 66.7 Å². The number of ether oxygens (including phenoxy) is 3. The number of aliphatic hydroxyl groups excluding tert-OH is 2.